The van der Waals surface area contributed by atoms with E-state index in [1.165, 1.54) is 11.6 Å². The van der Waals surface area contributed by atoms with Gasteiger partial charge in [-0.15, -0.1) is 0 Å². The molecule has 3 heterocycles. The number of allylic oxidation sites excluding steroid dienone is 1. The fraction of sp³-hybridized carbons (Fsp3) is 0.292. The molecule has 0 saturated carbocycles. The lowest BCUT2D eigenvalue weighted by Crippen LogP contribution is -2.14. The van der Waals surface area contributed by atoms with E-state index in [-0.39, 0.29) is 5.78 Å². The molecule has 0 fully saturated rings. The zero-order valence-corrected chi connectivity index (χ0v) is 16.6. The Bertz CT molecular complexity index is 1110. The Labute approximate surface area is 174 Å². The van der Waals surface area contributed by atoms with Gasteiger partial charge in [0.15, 0.2) is 17.4 Å². The second-order valence-electron chi connectivity index (χ2n) is 7.58. The van der Waals surface area contributed by atoms with Crippen molar-refractivity contribution in [2.45, 2.75) is 38.5 Å². The summed E-state index contributed by atoms with van der Waals surface area (Å²) in [6, 6.07) is 8.09. The highest BCUT2D eigenvalue weighted by molar-refractivity contribution is 5.94. The molecule has 0 aliphatic carbocycles. The van der Waals surface area contributed by atoms with E-state index in [9.17, 15) is 13.6 Å². The maximum atomic E-state index is 13.4. The molecule has 4 rings (SSSR count). The molecule has 0 amide bonds. The first kappa shape index (κ1) is 20.1. The molecule has 1 aliphatic heterocycles. The van der Waals surface area contributed by atoms with E-state index < -0.39 is 11.6 Å². The number of nitrogens with zero attached hydrogens (tertiary/aromatic N) is 2. The predicted octanol–water partition coefficient (Wildman–Crippen LogP) is 5.26. The average molecular weight is 407 g/mol. The van der Waals surface area contributed by atoms with E-state index in [1.54, 1.807) is 18.3 Å². The highest BCUT2D eigenvalue weighted by Gasteiger charge is 2.10. The van der Waals surface area contributed by atoms with Crippen molar-refractivity contribution in [2.24, 2.45) is 0 Å². The van der Waals surface area contributed by atoms with Crippen LogP contribution in [0.2, 0.25) is 0 Å². The summed E-state index contributed by atoms with van der Waals surface area (Å²) < 4.78 is 26.6. The van der Waals surface area contributed by atoms with Gasteiger partial charge in [0.05, 0.1) is 5.52 Å². The molecule has 0 bridgehead atoms. The average Bonchev–Trinajstić information content (AvgIpc) is 2.76. The van der Waals surface area contributed by atoms with Crippen LogP contribution in [0, 0.1) is 11.6 Å². The van der Waals surface area contributed by atoms with Gasteiger partial charge in [-0.2, -0.15) is 0 Å². The molecule has 154 valence electrons. The van der Waals surface area contributed by atoms with Gasteiger partial charge in [-0.3, -0.25) is 9.78 Å². The molecule has 0 atom stereocenters. The van der Waals surface area contributed by atoms with Crippen molar-refractivity contribution < 1.29 is 13.6 Å². The van der Waals surface area contributed by atoms with Gasteiger partial charge < -0.3 is 5.32 Å². The van der Waals surface area contributed by atoms with Crippen molar-refractivity contribution in [3.8, 4) is 0 Å². The molecular weight excluding hydrogens is 384 g/mol. The number of pyridine rings is 2. The number of ketones is 1. The number of hydrogen-bond donors (Lipinski definition) is 1. The third-order valence-corrected chi connectivity index (χ3v) is 5.26. The summed E-state index contributed by atoms with van der Waals surface area (Å²) in [5.41, 5.74) is 3.38. The Hall–Kier alpha value is -3.15. The Morgan fingerprint density at radius 1 is 1.13 bits per heavy atom. The molecule has 1 N–H and O–H groups in total. The van der Waals surface area contributed by atoms with Gasteiger partial charge in [0, 0.05) is 36.3 Å². The minimum absolute atomic E-state index is 0.0282. The topological polar surface area (TPSA) is 54.9 Å². The van der Waals surface area contributed by atoms with E-state index in [2.05, 4.69) is 27.4 Å². The number of fused-ring (bicyclic) bond motifs is 2. The number of halogens is 2. The molecule has 3 aromatic rings. The third kappa shape index (κ3) is 4.87. The summed E-state index contributed by atoms with van der Waals surface area (Å²) in [6.07, 6.45) is 9.94. The summed E-state index contributed by atoms with van der Waals surface area (Å²) >= 11 is 0. The van der Waals surface area contributed by atoms with Gasteiger partial charge in [0.2, 0.25) is 0 Å². The minimum atomic E-state index is -0.921. The van der Waals surface area contributed by atoms with Crippen molar-refractivity contribution in [2.75, 3.05) is 11.9 Å². The lowest BCUT2D eigenvalue weighted by Gasteiger charge is -2.17. The highest BCUT2D eigenvalue weighted by atomic mass is 19.2. The lowest BCUT2D eigenvalue weighted by atomic mass is 10.0. The number of aryl methyl sites for hydroxylation is 2. The van der Waals surface area contributed by atoms with Crippen molar-refractivity contribution >= 4 is 28.6 Å². The van der Waals surface area contributed by atoms with Crippen LogP contribution in [-0.2, 0) is 17.6 Å². The first-order valence-corrected chi connectivity index (χ1v) is 10.3. The first-order valence-electron chi connectivity index (χ1n) is 10.3. The molecule has 1 aromatic carbocycles. The largest absolute Gasteiger partial charge is 0.370 e. The Kier molecular flexibility index (Phi) is 6.12. The molecule has 2 aromatic heterocycles. The van der Waals surface area contributed by atoms with Crippen molar-refractivity contribution in [3.05, 3.63) is 71.1 Å². The normalized spacial score (nSPS) is 13.4. The zero-order chi connectivity index (χ0) is 20.9. The molecule has 6 heteroatoms. The number of unbranched alkanes of at least 4 members (excludes halogenated alkanes) is 1. The molecule has 4 nitrogen and oxygen atoms in total. The summed E-state index contributed by atoms with van der Waals surface area (Å²) in [5.74, 6) is -0.800. The number of hydrogen-bond acceptors (Lipinski definition) is 4. The SMILES string of the molecule is O=C(C=Cc1cnc2cc(F)c(F)cc2c1)CCCCc1ccc2c(n1)NCCC2. The first-order chi connectivity index (χ1) is 14.6. The molecule has 0 spiro atoms. The maximum absolute atomic E-state index is 13.4. The third-order valence-electron chi connectivity index (χ3n) is 5.26. The van der Waals surface area contributed by atoms with Crippen LogP contribution in [0.25, 0.3) is 17.0 Å². The quantitative estimate of drug-likeness (QED) is 0.429. The predicted molar refractivity (Wildman–Crippen MR) is 114 cm³/mol. The van der Waals surface area contributed by atoms with Crippen molar-refractivity contribution in [1.29, 1.82) is 0 Å². The summed E-state index contributed by atoms with van der Waals surface area (Å²) in [5, 5.41) is 3.84. The zero-order valence-electron chi connectivity index (χ0n) is 16.6. The second-order valence-corrected chi connectivity index (χ2v) is 7.58. The Balaban J connectivity index is 1.27. The van der Waals surface area contributed by atoms with Crippen LogP contribution in [0.15, 0.2) is 42.6 Å². The maximum Gasteiger partial charge on any atom is 0.161 e. The molecule has 0 saturated heterocycles. The van der Waals surface area contributed by atoms with E-state index in [0.717, 1.165) is 62.3 Å². The number of anilines is 1. The van der Waals surface area contributed by atoms with Gasteiger partial charge in [-0.1, -0.05) is 6.07 Å². The van der Waals surface area contributed by atoms with Crippen molar-refractivity contribution in [3.63, 3.8) is 0 Å². The van der Waals surface area contributed by atoms with Gasteiger partial charge in [0.1, 0.15) is 5.82 Å². The van der Waals surface area contributed by atoms with Crippen LogP contribution < -0.4 is 5.32 Å². The van der Waals surface area contributed by atoms with E-state index in [1.807, 2.05) is 0 Å². The molecule has 1 aliphatic rings. The van der Waals surface area contributed by atoms with Gasteiger partial charge in [-0.25, -0.2) is 13.8 Å². The van der Waals surface area contributed by atoms with Crippen LogP contribution >= 0.6 is 0 Å². The minimum Gasteiger partial charge on any atom is -0.370 e. The van der Waals surface area contributed by atoms with Crippen LogP contribution in [-0.4, -0.2) is 22.3 Å². The van der Waals surface area contributed by atoms with Crippen molar-refractivity contribution in [1.82, 2.24) is 9.97 Å². The fourth-order valence-electron chi connectivity index (χ4n) is 3.62. The van der Waals surface area contributed by atoms with Crippen LogP contribution in [0.5, 0.6) is 0 Å². The molecule has 0 unspecified atom stereocenters. The highest BCUT2D eigenvalue weighted by Crippen LogP contribution is 2.21. The summed E-state index contributed by atoms with van der Waals surface area (Å²) in [6.45, 7) is 0.975. The number of carbonyl (C=O) groups excluding carboxylic acids is 1. The lowest BCUT2D eigenvalue weighted by molar-refractivity contribution is -0.114. The fourth-order valence-corrected chi connectivity index (χ4v) is 3.62. The Morgan fingerprint density at radius 2 is 2.00 bits per heavy atom. The molecule has 0 radical (unpaired) electrons. The summed E-state index contributed by atoms with van der Waals surface area (Å²) in [4.78, 5) is 20.9. The Morgan fingerprint density at radius 3 is 2.90 bits per heavy atom. The number of aromatic nitrogens is 2. The van der Waals surface area contributed by atoms with Gasteiger partial charge >= 0.3 is 0 Å². The number of carbonyl (C=O) groups is 1. The smallest absolute Gasteiger partial charge is 0.161 e. The summed E-state index contributed by atoms with van der Waals surface area (Å²) in [7, 11) is 0. The second kappa shape index (κ2) is 9.11. The van der Waals surface area contributed by atoms with Crippen LogP contribution in [0.1, 0.15) is 42.5 Å². The monoisotopic (exact) mass is 407 g/mol. The molecule has 30 heavy (non-hydrogen) atoms. The number of nitrogens with one attached hydrogen (secondary N) is 1. The number of benzene rings is 1. The van der Waals surface area contributed by atoms with E-state index >= 15 is 0 Å². The molecular formula is C24H23F2N3O. The van der Waals surface area contributed by atoms with Crippen LogP contribution in [0.3, 0.4) is 0 Å². The van der Waals surface area contributed by atoms with E-state index in [0.29, 0.717) is 22.9 Å². The van der Waals surface area contributed by atoms with Gasteiger partial charge in [-0.05, 0) is 73.6 Å². The van der Waals surface area contributed by atoms with E-state index in [4.69, 9.17) is 0 Å². The van der Waals surface area contributed by atoms with Crippen LogP contribution in [0.4, 0.5) is 14.6 Å². The van der Waals surface area contributed by atoms with Gasteiger partial charge in [0.25, 0.3) is 0 Å². The standard InChI is InChI=1S/C24H23F2N3O/c25-21-13-18-12-16(15-28-23(18)14-22(21)26)7-10-20(30)6-2-1-5-19-9-8-17-4-3-11-27-24(17)29-19/h7-10,12-15H,1-6,11H2,(H,27,29). The number of rotatable bonds is 7.